The molecule has 1 aromatic heterocycles. The number of amides is 1. The van der Waals surface area contributed by atoms with Crippen molar-refractivity contribution in [2.75, 3.05) is 18.5 Å². The van der Waals surface area contributed by atoms with Gasteiger partial charge in [-0.1, -0.05) is 6.07 Å². The molecule has 0 unspecified atom stereocenters. The third-order valence-corrected chi connectivity index (χ3v) is 4.30. The van der Waals surface area contributed by atoms with E-state index in [1.54, 1.807) is 12.1 Å². The van der Waals surface area contributed by atoms with Crippen LogP contribution >= 0.6 is 0 Å². The van der Waals surface area contributed by atoms with Gasteiger partial charge < -0.3 is 10.1 Å². The van der Waals surface area contributed by atoms with Crippen molar-refractivity contribution in [3.8, 4) is 11.4 Å². The number of aromatic nitrogens is 3. The van der Waals surface area contributed by atoms with Crippen molar-refractivity contribution in [2.24, 2.45) is 5.92 Å². The lowest BCUT2D eigenvalue weighted by Crippen LogP contribution is -2.17. The van der Waals surface area contributed by atoms with Gasteiger partial charge in [-0.15, -0.1) is 0 Å². The van der Waals surface area contributed by atoms with E-state index in [1.807, 2.05) is 0 Å². The highest BCUT2D eigenvalue weighted by atomic mass is 19.1. The molecule has 6 nitrogen and oxygen atoms in total. The number of aromatic amines is 1. The molecule has 1 aromatic carbocycles. The largest absolute Gasteiger partial charge is 0.381 e. The number of nitrogens with zero attached hydrogens (tertiary/aromatic N) is 2. The van der Waals surface area contributed by atoms with Crippen molar-refractivity contribution in [1.29, 1.82) is 0 Å². The molecule has 0 atom stereocenters. The van der Waals surface area contributed by atoms with Gasteiger partial charge in [-0.25, -0.2) is 9.37 Å². The van der Waals surface area contributed by atoms with Gasteiger partial charge in [0, 0.05) is 19.6 Å². The lowest BCUT2D eigenvalue weighted by atomic mass is 9.94. The van der Waals surface area contributed by atoms with Crippen molar-refractivity contribution < 1.29 is 13.9 Å². The molecule has 1 aliphatic rings. The van der Waals surface area contributed by atoms with Gasteiger partial charge in [0.1, 0.15) is 12.1 Å². The molecule has 1 fully saturated rings. The summed E-state index contributed by atoms with van der Waals surface area (Å²) < 4.78 is 19.4. The molecule has 128 valence electrons. The second kappa shape index (κ2) is 8.01. The molecule has 7 heteroatoms. The molecule has 2 aromatic rings. The molecule has 0 aliphatic carbocycles. The Hall–Kier alpha value is -2.28. The van der Waals surface area contributed by atoms with Crippen molar-refractivity contribution in [1.82, 2.24) is 15.2 Å². The van der Waals surface area contributed by atoms with E-state index in [2.05, 4.69) is 20.5 Å². The molecule has 2 N–H and O–H groups in total. The first-order valence-corrected chi connectivity index (χ1v) is 8.26. The van der Waals surface area contributed by atoms with E-state index in [9.17, 15) is 9.18 Å². The highest BCUT2D eigenvalue weighted by Crippen LogP contribution is 2.28. The van der Waals surface area contributed by atoms with Crippen LogP contribution < -0.4 is 5.32 Å². The zero-order valence-corrected chi connectivity index (χ0v) is 13.4. The van der Waals surface area contributed by atoms with Gasteiger partial charge in [-0.2, -0.15) is 5.10 Å². The van der Waals surface area contributed by atoms with E-state index in [0.29, 0.717) is 23.9 Å². The molecule has 1 aliphatic heterocycles. The number of benzene rings is 1. The Balaban J connectivity index is 1.57. The van der Waals surface area contributed by atoms with Crippen molar-refractivity contribution in [3.63, 3.8) is 0 Å². The second-order valence-electron chi connectivity index (χ2n) is 5.99. The van der Waals surface area contributed by atoms with Gasteiger partial charge in [0.05, 0.1) is 11.3 Å². The molecular weight excluding hydrogens is 311 g/mol. The average molecular weight is 332 g/mol. The third-order valence-electron chi connectivity index (χ3n) is 4.30. The van der Waals surface area contributed by atoms with Gasteiger partial charge in [0.25, 0.3) is 0 Å². The van der Waals surface area contributed by atoms with Crippen molar-refractivity contribution in [3.05, 3.63) is 30.3 Å². The number of carbonyl (C=O) groups is 1. The summed E-state index contributed by atoms with van der Waals surface area (Å²) in [5, 5.41) is 9.15. The minimum absolute atomic E-state index is 0.117. The van der Waals surface area contributed by atoms with Crippen LogP contribution in [0, 0.1) is 11.7 Å². The standard InChI is InChI=1S/C17H21FN4O2/c18-13-4-2-5-14(16(13)17-19-11-20-22-17)21-15(23)6-1-3-12-7-9-24-10-8-12/h2,4-5,11-12H,1,3,6-10H2,(H,21,23)(H,19,20,22). The summed E-state index contributed by atoms with van der Waals surface area (Å²) >= 11 is 0. The average Bonchev–Trinajstić information content (AvgIpc) is 3.10. The lowest BCUT2D eigenvalue weighted by Gasteiger charge is -2.21. The Labute approximate surface area is 139 Å². The van der Waals surface area contributed by atoms with E-state index in [4.69, 9.17) is 4.74 Å². The Morgan fingerprint density at radius 3 is 2.96 bits per heavy atom. The zero-order valence-electron chi connectivity index (χ0n) is 13.4. The molecule has 3 rings (SSSR count). The molecule has 1 amide bonds. The fraction of sp³-hybridized carbons (Fsp3) is 0.471. The summed E-state index contributed by atoms with van der Waals surface area (Å²) in [7, 11) is 0. The summed E-state index contributed by atoms with van der Waals surface area (Å²) in [5.74, 6) is 0.372. The normalized spacial score (nSPS) is 15.4. The summed E-state index contributed by atoms with van der Waals surface area (Å²) in [4.78, 5) is 16.2. The number of H-pyrrole nitrogens is 1. The fourth-order valence-corrected chi connectivity index (χ4v) is 2.99. The topological polar surface area (TPSA) is 79.9 Å². The van der Waals surface area contributed by atoms with Crippen LogP contribution in [-0.2, 0) is 9.53 Å². The van der Waals surface area contributed by atoms with Gasteiger partial charge in [-0.05, 0) is 43.7 Å². The summed E-state index contributed by atoms with van der Waals surface area (Å²) in [6, 6.07) is 4.56. The highest BCUT2D eigenvalue weighted by Gasteiger charge is 2.17. The Kier molecular flexibility index (Phi) is 5.53. The predicted octanol–water partition coefficient (Wildman–Crippen LogP) is 3.15. The summed E-state index contributed by atoms with van der Waals surface area (Å²) in [6.45, 7) is 1.64. The number of ether oxygens (including phenoxy) is 1. The summed E-state index contributed by atoms with van der Waals surface area (Å²) in [5.41, 5.74) is 0.635. The molecule has 0 saturated carbocycles. The van der Waals surface area contributed by atoms with Gasteiger partial charge in [0.15, 0.2) is 5.82 Å². The van der Waals surface area contributed by atoms with E-state index < -0.39 is 5.82 Å². The lowest BCUT2D eigenvalue weighted by molar-refractivity contribution is -0.116. The van der Waals surface area contributed by atoms with Crippen LogP contribution in [0.4, 0.5) is 10.1 Å². The maximum atomic E-state index is 14.1. The monoisotopic (exact) mass is 332 g/mol. The van der Waals surface area contributed by atoms with E-state index in [0.717, 1.165) is 38.9 Å². The number of rotatable bonds is 6. The Bertz CT molecular complexity index is 669. The first-order valence-electron chi connectivity index (χ1n) is 8.26. The third kappa shape index (κ3) is 4.17. The molecule has 0 bridgehead atoms. The first kappa shape index (κ1) is 16.6. The molecular formula is C17H21FN4O2. The SMILES string of the molecule is O=C(CCCC1CCOCC1)Nc1cccc(F)c1-c1ncn[nH]1. The number of hydrogen-bond acceptors (Lipinski definition) is 4. The molecule has 24 heavy (non-hydrogen) atoms. The molecule has 2 heterocycles. The van der Waals surface area contributed by atoms with Crippen LogP contribution in [0.5, 0.6) is 0 Å². The van der Waals surface area contributed by atoms with E-state index >= 15 is 0 Å². The quantitative estimate of drug-likeness (QED) is 0.851. The van der Waals surface area contributed by atoms with E-state index in [1.165, 1.54) is 12.4 Å². The number of anilines is 1. The van der Waals surface area contributed by atoms with Crippen LogP contribution in [0.2, 0.25) is 0 Å². The van der Waals surface area contributed by atoms with Crippen molar-refractivity contribution >= 4 is 11.6 Å². The van der Waals surface area contributed by atoms with Crippen LogP contribution in [0.1, 0.15) is 32.1 Å². The number of nitrogens with one attached hydrogen (secondary N) is 2. The highest BCUT2D eigenvalue weighted by molar-refractivity contribution is 5.94. The predicted molar refractivity (Wildman–Crippen MR) is 87.8 cm³/mol. The molecule has 1 saturated heterocycles. The smallest absolute Gasteiger partial charge is 0.224 e. The minimum Gasteiger partial charge on any atom is -0.381 e. The Morgan fingerprint density at radius 1 is 1.38 bits per heavy atom. The second-order valence-corrected chi connectivity index (χ2v) is 5.99. The number of carbonyl (C=O) groups excluding carboxylic acids is 1. The zero-order chi connectivity index (χ0) is 16.8. The maximum absolute atomic E-state index is 14.1. The minimum atomic E-state index is -0.452. The maximum Gasteiger partial charge on any atom is 0.224 e. The molecule has 0 spiro atoms. The van der Waals surface area contributed by atoms with Gasteiger partial charge >= 0.3 is 0 Å². The van der Waals surface area contributed by atoms with Crippen LogP contribution in [-0.4, -0.2) is 34.3 Å². The summed E-state index contributed by atoms with van der Waals surface area (Å²) in [6.07, 6.45) is 5.71. The Morgan fingerprint density at radius 2 is 2.21 bits per heavy atom. The van der Waals surface area contributed by atoms with Crippen LogP contribution in [0.3, 0.4) is 0 Å². The van der Waals surface area contributed by atoms with Crippen LogP contribution in [0.15, 0.2) is 24.5 Å². The van der Waals surface area contributed by atoms with Gasteiger partial charge in [-0.3, -0.25) is 9.89 Å². The van der Waals surface area contributed by atoms with Gasteiger partial charge in [0.2, 0.25) is 5.91 Å². The van der Waals surface area contributed by atoms with Crippen molar-refractivity contribution in [2.45, 2.75) is 32.1 Å². The number of halogens is 1. The fourth-order valence-electron chi connectivity index (χ4n) is 2.99. The molecule has 0 radical (unpaired) electrons. The first-order chi connectivity index (χ1) is 11.7. The number of hydrogen-bond donors (Lipinski definition) is 2. The van der Waals surface area contributed by atoms with Crippen LogP contribution in [0.25, 0.3) is 11.4 Å². The van der Waals surface area contributed by atoms with E-state index in [-0.39, 0.29) is 11.5 Å².